The normalized spacial score (nSPS) is 12.9. The molecule has 0 aliphatic carbocycles. The molecule has 0 aliphatic heterocycles. The van der Waals surface area contributed by atoms with Crippen molar-refractivity contribution in [3.63, 3.8) is 0 Å². The van der Waals surface area contributed by atoms with Crippen molar-refractivity contribution in [2.24, 2.45) is 0 Å². The molecule has 30 heavy (non-hydrogen) atoms. The molecule has 156 valence electrons. The fraction of sp³-hybridized carbons (Fsp3) is 0.280. The van der Waals surface area contributed by atoms with E-state index in [4.69, 9.17) is 0 Å². The number of hydrogen-bond acceptors (Lipinski definition) is 3. The molecule has 0 bridgehead atoms. The van der Waals surface area contributed by atoms with E-state index in [9.17, 15) is 9.18 Å². The summed E-state index contributed by atoms with van der Waals surface area (Å²) < 4.78 is 13.9. The number of hydrogen-bond donors (Lipinski definition) is 2. The maximum Gasteiger partial charge on any atom is 0.241 e. The molecule has 2 atom stereocenters. The van der Waals surface area contributed by atoms with Crippen molar-refractivity contribution in [2.75, 3.05) is 7.05 Å². The Hall–Kier alpha value is -3.05. The van der Waals surface area contributed by atoms with E-state index < -0.39 is 6.04 Å². The van der Waals surface area contributed by atoms with Gasteiger partial charge in [0.25, 0.3) is 0 Å². The SMILES string of the molecule is CNC(=O)C(N[C@H](CCc1ccc(C)nc1)c1ccc(F)c(C)c1)c1ccccc1. The van der Waals surface area contributed by atoms with Crippen LogP contribution >= 0.6 is 0 Å². The first-order chi connectivity index (χ1) is 14.5. The van der Waals surface area contributed by atoms with Gasteiger partial charge < -0.3 is 5.32 Å². The van der Waals surface area contributed by atoms with Crippen LogP contribution in [-0.2, 0) is 11.2 Å². The Kier molecular flexibility index (Phi) is 7.31. The summed E-state index contributed by atoms with van der Waals surface area (Å²) in [4.78, 5) is 17.0. The smallest absolute Gasteiger partial charge is 0.241 e. The monoisotopic (exact) mass is 405 g/mol. The van der Waals surface area contributed by atoms with Crippen LogP contribution in [0.2, 0.25) is 0 Å². The minimum atomic E-state index is -0.511. The third kappa shape index (κ3) is 5.51. The summed E-state index contributed by atoms with van der Waals surface area (Å²) in [6.07, 6.45) is 3.42. The summed E-state index contributed by atoms with van der Waals surface area (Å²) in [5, 5.41) is 6.26. The van der Waals surface area contributed by atoms with Crippen LogP contribution in [0.5, 0.6) is 0 Å². The highest BCUT2D eigenvalue weighted by Gasteiger charge is 2.24. The van der Waals surface area contributed by atoms with Gasteiger partial charge in [0.2, 0.25) is 5.91 Å². The standard InChI is InChI=1S/C25H28FN3O/c1-17-15-21(12-13-22(17)26)23(14-11-19-10-9-18(2)28-16-19)29-24(25(30)27-3)20-7-5-4-6-8-20/h4-10,12-13,15-16,23-24,29H,11,14H2,1-3H3,(H,27,30)/t23-,24?/m1/s1. The van der Waals surface area contributed by atoms with Gasteiger partial charge in [-0.1, -0.05) is 48.5 Å². The fourth-order valence-electron chi connectivity index (χ4n) is 3.50. The maximum atomic E-state index is 13.9. The van der Waals surface area contributed by atoms with Crippen molar-refractivity contribution in [2.45, 2.75) is 38.8 Å². The summed E-state index contributed by atoms with van der Waals surface area (Å²) in [5.41, 5.74) is 4.54. The number of nitrogens with zero attached hydrogens (tertiary/aromatic N) is 1. The fourth-order valence-corrected chi connectivity index (χ4v) is 3.50. The molecule has 0 spiro atoms. The Bertz CT molecular complexity index is 973. The predicted molar refractivity (Wildman–Crippen MR) is 118 cm³/mol. The van der Waals surface area contributed by atoms with E-state index in [0.717, 1.165) is 35.2 Å². The maximum absolute atomic E-state index is 13.9. The first-order valence-electron chi connectivity index (χ1n) is 10.2. The molecule has 4 nitrogen and oxygen atoms in total. The minimum absolute atomic E-state index is 0.109. The second kappa shape index (κ2) is 10.1. The Morgan fingerprint density at radius 1 is 1.03 bits per heavy atom. The molecule has 1 aromatic heterocycles. The quantitative estimate of drug-likeness (QED) is 0.576. The first-order valence-corrected chi connectivity index (χ1v) is 10.2. The lowest BCUT2D eigenvalue weighted by atomic mass is 9.95. The molecule has 1 unspecified atom stereocenters. The highest BCUT2D eigenvalue weighted by molar-refractivity contribution is 5.83. The molecular weight excluding hydrogens is 377 g/mol. The zero-order valence-electron chi connectivity index (χ0n) is 17.7. The lowest BCUT2D eigenvalue weighted by Gasteiger charge is -2.26. The molecule has 0 saturated carbocycles. The van der Waals surface area contributed by atoms with Crippen molar-refractivity contribution in [3.8, 4) is 0 Å². The van der Waals surface area contributed by atoms with Gasteiger partial charge in [0, 0.05) is 25.0 Å². The molecule has 0 aliphatic rings. The van der Waals surface area contributed by atoms with Crippen molar-refractivity contribution in [3.05, 3.63) is 101 Å². The number of likely N-dealkylation sites (N-methyl/N-ethyl adjacent to an activating group) is 1. The number of carbonyl (C=O) groups excluding carboxylic acids is 1. The number of halogens is 1. The molecule has 5 heteroatoms. The number of aromatic nitrogens is 1. The molecule has 2 N–H and O–H groups in total. The van der Waals surface area contributed by atoms with Crippen LogP contribution in [0.15, 0.2) is 66.9 Å². The lowest BCUT2D eigenvalue weighted by molar-refractivity contribution is -0.123. The summed E-state index contributed by atoms with van der Waals surface area (Å²) >= 11 is 0. The van der Waals surface area contributed by atoms with Crippen LogP contribution in [0.3, 0.4) is 0 Å². The van der Waals surface area contributed by atoms with Crippen LogP contribution in [0, 0.1) is 19.7 Å². The molecule has 0 fully saturated rings. The van der Waals surface area contributed by atoms with Gasteiger partial charge >= 0.3 is 0 Å². The Morgan fingerprint density at radius 3 is 2.43 bits per heavy atom. The van der Waals surface area contributed by atoms with Gasteiger partial charge in [-0.2, -0.15) is 0 Å². The highest BCUT2D eigenvalue weighted by Crippen LogP contribution is 2.26. The average molecular weight is 406 g/mol. The largest absolute Gasteiger partial charge is 0.358 e. The molecular formula is C25H28FN3O. The highest BCUT2D eigenvalue weighted by atomic mass is 19.1. The third-order valence-corrected chi connectivity index (χ3v) is 5.29. The first kappa shape index (κ1) is 21.7. The van der Waals surface area contributed by atoms with Crippen LogP contribution in [-0.4, -0.2) is 17.9 Å². The number of amides is 1. The van der Waals surface area contributed by atoms with Gasteiger partial charge in [-0.25, -0.2) is 4.39 Å². The van der Waals surface area contributed by atoms with Crippen molar-refractivity contribution in [1.29, 1.82) is 0 Å². The van der Waals surface area contributed by atoms with Crippen LogP contribution in [0.1, 0.15) is 46.5 Å². The van der Waals surface area contributed by atoms with Crippen LogP contribution in [0.4, 0.5) is 4.39 Å². The Morgan fingerprint density at radius 2 is 1.80 bits per heavy atom. The van der Waals surface area contributed by atoms with Gasteiger partial charge in [-0.05, 0) is 61.1 Å². The van der Waals surface area contributed by atoms with E-state index in [1.807, 2.05) is 55.6 Å². The van der Waals surface area contributed by atoms with Crippen LogP contribution in [0.25, 0.3) is 0 Å². The predicted octanol–water partition coefficient (Wildman–Crippen LogP) is 4.59. The van der Waals surface area contributed by atoms with Crippen molar-refractivity contribution < 1.29 is 9.18 Å². The number of aryl methyl sites for hydroxylation is 3. The Labute approximate surface area is 177 Å². The molecule has 0 saturated heterocycles. The summed E-state index contributed by atoms with van der Waals surface area (Å²) in [6.45, 7) is 3.72. The Balaban J connectivity index is 1.89. The zero-order valence-corrected chi connectivity index (χ0v) is 17.7. The molecule has 3 rings (SSSR count). The van der Waals surface area contributed by atoms with Gasteiger partial charge in [0.15, 0.2) is 0 Å². The molecule has 0 radical (unpaired) electrons. The second-order valence-electron chi connectivity index (χ2n) is 7.53. The van der Waals surface area contributed by atoms with Gasteiger partial charge in [0.1, 0.15) is 11.9 Å². The van der Waals surface area contributed by atoms with Crippen molar-refractivity contribution in [1.82, 2.24) is 15.6 Å². The summed E-state index contributed by atoms with van der Waals surface area (Å²) in [7, 11) is 1.63. The number of pyridine rings is 1. The van der Waals surface area contributed by atoms with Gasteiger partial charge in [-0.3, -0.25) is 15.1 Å². The second-order valence-corrected chi connectivity index (χ2v) is 7.53. The van der Waals surface area contributed by atoms with E-state index >= 15 is 0 Å². The van der Waals surface area contributed by atoms with E-state index in [1.54, 1.807) is 20.0 Å². The van der Waals surface area contributed by atoms with E-state index in [1.165, 1.54) is 6.07 Å². The topological polar surface area (TPSA) is 54.0 Å². The molecule has 1 heterocycles. The average Bonchev–Trinajstić information content (AvgIpc) is 2.77. The number of rotatable bonds is 8. The number of benzene rings is 2. The van der Waals surface area contributed by atoms with E-state index in [0.29, 0.717) is 5.56 Å². The summed E-state index contributed by atoms with van der Waals surface area (Å²) in [6, 6.07) is 18.2. The molecule has 3 aromatic rings. The number of nitrogens with one attached hydrogen (secondary N) is 2. The lowest BCUT2D eigenvalue weighted by Crippen LogP contribution is -2.38. The van der Waals surface area contributed by atoms with Crippen LogP contribution < -0.4 is 10.6 Å². The van der Waals surface area contributed by atoms with E-state index in [-0.39, 0.29) is 17.8 Å². The molecule has 1 amide bonds. The molecule has 2 aromatic carbocycles. The van der Waals surface area contributed by atoms with Gasteiger partial charge in [-0.15, -0.1) is 0 Å². The summed E-state index contributed by atoms with van der Waals surface area (Å²) in [5.74, 6) is -0.340. The van der Waals surface area contributed by atoms with Gasteiger partial charge in [0.05, 0.1) is 0 Å². The van der Waals surface area contributed by atoms with E-state index in [2.05, 4.69) is 21.7 Å². The minimum Gasteiger partial charge on any atom is -0.358 e. The third-order valence-electron chi connectivity index (χ3n) is 5.29. The van der Waals surface area contributed by atoms with Crippen molar-refractivity contribution >= 4 is 5.91 Å². The number of carbonyl (C=O) groups is 1. The zero-order chi connectivity index (χ0) is 21.5.